The molecule has 2 aromatic rings. The summed E-state index contributed by atoms with van der Waals surface area (Å²) in [5, 5.41) is 17.5. The molecule has 186 valence electrons. The van der Waals surface area contributed by atoms with Crippen molar-refractivity contribution in [1.82, 2.24) is 29.6 Å². The fraction of sp³-hybridized carbons (Fsp3) is 0.545. The van der Waals surface area contributed by atoms with Gasteiger partial charge in [0.2, 0.25) is 10.0 Å². The normalized spacial score (nSPS) is 25.1. The van der Waals surface area contributed by atoms with Crippen molar-refractivity contribution < 1.29 is 23.1 Å². The van der Waals surface area contributed by atoms with Gasteiger partial charge in [-0.2, -0.15) is 5.10 Å². The summed E-state index contributed by atoms with van der Waals surface area (Å²) in [6.07, 6.45) is 2.95. The lowest BCUT2D eigenvalue weighted by Crippen LogP contribution is -2.48. The van der Waals surface area contributed by atoms with E-state index in [1.165, 1.54) is 6.07 Å². The molecule has 0 aliphatic carbocycles. The third kappa shape index (κ3) is 5.19. The molecule has 1 aromatic carbocycles. The zero-order chi connectivity index (χ0) is 24.5. The molecule has 4 rings (SSSR count). The third-order valence-electron chi connectivity index (χ3n) is 6.17. The maximum absolute atomic E-state index is 13.1. The van der Waals surface area contributed by atoms with Gasteiger partial charge < -0.3 is 20.1 Å². The second-order valence-corrected chi connectivity index (χ2v) is 10.6. The quantitative estimate of drug-likeness (QED) is 0.559. The van der Waals surface area contributed by atoms with Crippen molar-refractivity contribution >= 4 is 16.1 Å². The second-order valence-electron chi connectivity index (χ2n) is 8.87. The smallest absolute Gasteiger partial charge is 0.317 e. The van der Waals surface area contributed by atoms with Gasteiger partial charge in [-0.25, -0.2) is 17.9 Å². The van der Waals surface area contributed by atoms with Crippen LogP contribution in [-0.4, -0.2) is 97.2 Å². The van der Waals surface area contributed by atoms with Gasteiger partial charge in [0, 0.05) is 45.0 Å². The second kappa shape index (κ2) is 9.90. The number of sulfonamides is 1. The van der Waals surface area contributed by atoms with Crippen LogP contribution in [0.5, 0.6) is 5.75 Å². The van der Waals surface area contributed by atoms with Crippen molar-refractivity contribution in [3.63, 3.8) is 0 Å². The summed E-state index contributed by atoms with van der Waals surface area (Å²) >= 11 is 0. The largest absolute Gasteiger partial charge is 0.485 e. The first-order valence-corrected chi connectivity index (χ1v) is 12.9. The Morgan fingerprint density at radius 3 is 2.76 bits per heavy atom. The molecule has 0 spiro atoms. The Hall–Kier alpha value is -2.67. The molecule has 0 unspecified atom stereocenters. The average Bonchev–Trinajstić information content (AvgIpc) is 3.42. The highest BCUT2D eigenvalue weighted by Crippen LogP contribution is 2.33. The van der Waals surface area contributed by atoms with Crippen molar-refractivity contribution in [2.24, 2.45) is 7.05 Å². The van der Waals surface area contributed by atoms with Crippen LogP contribution in [0.25, 0.3) is 11.1 Å². The fourth-order valence-corrected chi connectivity index (χ4v) is 5.54. The maximum atomic E-state index is 13.1. The summed E-state index contributed by atoms with van der Waals surface area (Å²) in [6, 6.07) is 4.49. The highest BCUT2D eigenvalue weighted by atomic mass is 32.2. The SMILES string of the molecule is CCCNC(=O)N1C[C@@H]2Oc3cc(-c4cnn(C)c4)ccc3S(=O)(=O)NC[C@H](O)CN(C)[C@@H]2C1. The van der Waals surface area contributed by atoms with E-state index >= 15 is 0 Å². The maximum Gasteiger partial charge on any atom is 0.317 e. The summed E-state index contributed by atoms with van der Waals surface area (Å²) in [6.45, 7) is 3.36. The van der Waals surface area contributed by atoms with E-state index in [-0.39, 0.29) is 35.8 Å². The lowest BCUT2D eigenvalue weighted by Gasteiger charge is -2.30. The predicted octanol–water partition coefficient (Wildman–Crippen LogP) is 0.223. The average molecular weight is 493 g/mol. The molecule has 3 atom stereocenters. The molecule has 2 amide bonds. The number of nitrogens with one attached hydrogen (secondary N) is 2. The number of aromatic nitrogens is 2. The summed E-state index contributed by atoms with van der Waals surface area (Å²) in [5.74, 6) is 0.199. The number of nitrogens with zero attached hydrogens (tertiary/aromatic N) is 4. The van der Waals surface area contributed by atoms with E-state index in [4.69, 9.17) is 4.74 Å². The number of hydrogen-bond acceptors (Lipinski definition) is 7. The summed E-state index contributed by atoms with van der Waals surface area (Å²) in [5.41, 5.74) is 1.59. The van der Waals surface area contributed by atoms with Crippen LogP contribution in [0, 0.1) is 0 Å². The molecule has 3 N–H and O–H groups in total. The molecule has 0 radical (unpaired) electrons. The van der Waals surface area contributed by atoms with E-state index in [1.807, 2.05) is 32.1 Å². The number of aliphatic hydroxyl groups is 1. The van der Waals surface area contributed by atoms with Gasteiger partial charge in [0.15, 0.2) is 0 Å². The van der Waals surface area contributed by atoms with E-state index in [1.54, 1.807) is 27.9 Å². The van der Waals surface area contributed by atoms with Crippen LogP contribution in [0.1, 0.15) is 13.3 Å². The van der Waals surface area contributed by atoms with Crippen molar-refractivity contribution in [3.8, 4) is 16.9 Å². The summed E-state index contributed by atoms with van der Waals surface area (Å²) in [4.78, 5) is 16.2. The molecule has 3 heterocycles. The van der Waals surface area contributed by atoms with Crippen LogP contribution < -0.4 is 14.8 Å². The van der Waals surface area contributed by atoms with Crippen molar-refractivity contribution in [2.75, 3.05) is 39.8 Å². The van der Waals surface area contributed by atoms with Gasteiger partial charge in [-0.1, -0.05) is 13.0 Å². The van der Waals surface area contributed by atoms with Crippen LogP contribution in [-0.2, 0) is 17.1 Å². The number of aliphatic hydroxyl groups excluding tert-OH is 1. The minimum Gasteiger partial charge on any atom is -0.485 e. The van der Waals surface area contributed by atoms with E-state index in [0.29, 0.717) is 19.6 Å². The molecule has 11 nitrogen and oxygen atoms in total. The molecule has 1 fully saturated rings. The number of aryl methyl sites for hydroxylation is 1. The van der Waals surface area contributed by atoms with E-state index in [9.17, 15) is 18.3 Å². The van der Waals surface area contributed by atoms with Crippen molar-refractivity contribution in [3.05, 3.63) is 30.6 Å². The van der Waals surface area contributed by atoms with Crippen LogP contribution >= 0.6 is 0 Å². The van der Waals surface area contributed by atoms with Gasteiger partial charge in [0.1, 0.15) is 16.7 Å². The highest BCUT2D eigenvalue weighted by Gasteiger charge is 2.41. The zero-order valence-electron chi connectivity index (χ0n) is 19.6. The Bertz CT molecular complexity index is 1140. The number of fused-ring (bicyclic) bond motifs is 2. The number of benzene rings is 1. The Morgan fingerprint density at radius 1 is 1.26 bits per heavy atom. The monoisotopic (exact) mass is 492 g/mol. The standard InChI is InChI=1S/C22H32N6O5S/c1-4-7-23-22(30)28-13-18-20(14-28)33-19-8-15(16-9-24-27(3)11-16)5-6-21(19)34(31,32)25-10-17(29)12-26(18)2/h5-6,8-9,11,17-18,20,25,29H,4,7,10,12-14H2,1-3H3,(H,23,30)/t17-,18+,20-/m0/s1. The number of urea groups is 1. The number of amides is 2. The number of hydrogen-bond donors (Lipinski definition) is 3. The number of likely N-dealkylation sites (N-methyl/N-ethyl adjacent to an activating group) is 1. The molecule has 0 bridgehead atoms. The summed E-state index contributed by atoms with van der Waals surface area (Å²) in [7, 11) is -0.288. The number of likely N-dealkylation sites (tertiary alicyclic amines) is 1. The van der Waals surface area contributed by atoms with Gasteiger partial charge in [-0.3, -0.25) is 9.58 Å². The Labute approximate surface area is 199 Å². The molecule has 0 saturated carbocycles. The number of carbonyl (C=O) groups is 1. The zero-order valence-corrected chi connectivity index (χ0v) is 20.5. The van der Waals surface area contributed by atoms with Crippen LogP contribution in [0.15, 0.2) is 35.5 Å². The van der Waals surface area contributed by atoms with Gasteiger partial charge in [0.05, 0.1) is 24.9 Å². The van der Waals surface area contributed by atoms with Gasteiger partial charge in [0.25, 0.3) is 0 Å². The Balaban J connectivity index is 1.72. The lowest BCUT2D eigenvalue weighted by molar-refractivity contribution is 0.0713. The lowest BCUT2D eigenvalue weighted by atomic mass is 10.1. The van der Waals surface area contributed by atoms with Crippen LogP contribution in [0.3, 0.4) is 0 Å². The molecule has 2 aliphatic rings. The number of rotatable bonds is 3. The first-order chi connectivity index (χ1) is 16.2. The minimum absolute atomic E-state index is 0.00970. The number of carbonyl (C=O) groups excluding carboxylic acids is 1. The molecular formula is C22H32N6O5S. The highest BCUT2D eigenvalue weighted by molar-refractivity contribution is 7.89. The number of ether oxygens (including phenoxy) is 1. The molecule has 2 aliphatic heterocycles. The van der Waals surface area contributed by atoms with E-state index in [0.717, 1.165) is 17.5 Å². The van der Waals surface area contributed by atoms with Crippen LogP contribution in [0.4, 0.5) is 4.79 Å². The van der Waals surface area contributed by atoms with Gasteiger partial charge in [-0.15, -0.1) is 0 Å². The topological polar surface area (TPSA) is 129 Å². The van der Waals surface area contributed by atoms with Crippen molar-refractivity contribution in [1.29, 1.82) is 0 Å². The van der Waals surface area contributed by atoms with Crippen LogP contribution in [0.2, 0.25) is 0 Å². The molecule has 1 saturated heterocycles. The first kappa shape index (κ1) is 24.5. The third-order valence-corrected chi connectivity index (χ3v) is 7.64. The fourth-order valence-electron chi connectivity index (χ4n) is 4.36. The Morgan fingerprint density at radius 2 is 2.06 bits per heavy atom. The first-order valence-electron chi connectivity index (χ1n) is 11.4. The van der Waals surface area contributed by atoms with Crippen molar-refractivity contribution in [2.45, 2.75) is 36.5 Å². The minimum atomic E-state index is -3.94. The van der Waals surface area contributed by atoms with Gasteiger partial charge >= 0.3 is 6.03 Å². The molecule has 34 heavy (non-hydrogen) atoms. The number of β-amino-alcohol motifs (C(OH)–C–C–N with tert-alkyl or cyclic N) is 1. The van der Waals surface area contributed by atoms with E-state index < -0.39 is 22.2 Å². The predicted molar refractivity (Wildman–Crippen MR) is 126 cm³/mol. The molecule has 1 aromatic heterocycles. The molecular weight excluding hydrogens is 460 g/mol. The van der Waals surface area contributed by atoms with Gasteiger partial charge in [-0.05, 0) is 31.2 Å². The Kier molecular flexibility index (Phi) is 7.12. The molecule has 12 heteroatoms. The summed E-state index contributed by atoms with van der Waals surface area (Å²) < 4.78 is 36.7. The van der Waals surface area contributed by atoms with E-state index in [2.05, 4.69) is 15.1 Å².